The second-order valence-corrected chi connectivity index (χ2v) is 10.6. The topological polar surface area (TPSA) is 80.7 Å². The number of carbonyl (C=O) groups is 1. The molecule has 0 bridgehead atoms. The van der Waals surface area contributed by atoms with Crippen LogP contribution in [0.3, 0.4) is 0 Å². The third-order valence-corrected chi connectivity index (χ3v) is 8.31. The quantitative estimate of drug-likeness (QED) is 0.446. The standard InChI is InChI=1S/C29H35F2N5O3/c1-18-13-22(35(2)34-18)17-36-12-11-29(19-5-8-25(38-3)26(14-19)39-4)10-9-21(16-27(29)36)33-28(37)32-20-6-7-23(30)24(31)15-20/h5-8,13-15,21,27H,9-12,16-17H2,1-4H3,(H2,32,33,37)/t21-,27+,29-/m0/s1. The fourth-order valence-electron chi connectivity index (χ4n) is 6.39. The van der Waals surface area contributed by atoms with Crippen LogP contribution in [0.2, 0.25) is 0 Å². The summed E-state index contributed by atoms with van der Waals surface area (Å²) in [7, 11) is 5.25. The lowest BCUT2D eigenvalue weighted by atomic mass is 9.65. The highest BCUT2D eigenvalue weighted by Gasteiger charge is 2.52. The molecular weight excluding hydrogens is 504 g/mol. The highest BCUT2D eigenvalue weighted by atomic mass is 19.2. The smallest absolute Gasteiger partial charge is 0.319 e. The van der Waals surface area contributed by atoms with Crippen LogP contribution in [-0.4, -0.2) is 53.6 Å². The molecule has 3 aromatic rings. The van der Waals surface area contributed by atoms with Gasteiger partial charge in [0.05, 0.1) is 25.6 Å². The van der Waals surface area contributed by atoms with Crippen molar-refractivity contribution in [1.29, 1.82) is 0 Å². The van der Waals surface area contributed by atoms with Gasteiger partial charge in [0.1, 0.15) is 0 Å². The van der Waals surface area contributed by atoms with E-state index >= 15 is 0 Å². The zero-order valence-corrected chi connectivity index (χ0v) is 22.8. The summed E-state index contributed by atoms with van der Waals surface area (Å²) in [5.74, 6) is -0.560. The van der Waals surface area contributed by atoms with Gasteiger partial charge in [-0.05, 0) is 75.0 Å². The third-order valence-electron chi connectivity index (χ3n) is 8.31. The molecule has 1 aromatic heterocycles. The summed E-state index contributed by atoms with van der Waals surface area (Å²) in [6.45, 7) is 3.66. The minimum absolute atomic E-state index is 0.0811. The number of likely N-dealkylation sites (tertiary alicyclic amines) is 1. The fourth-order valence-corrected chi connectivity index (χ4v) is 6.39. The van der Waals surface area contributed by atoms with Gasteiger partial charge < -0.3 is 20.1 Å². The number of nitrogens with zero attached hydrogens (tertiary/aromatic N) is 3. The van der Waals surface area contributed by atoms with E-state index in [1.54, 1.807) is 14.2 Å². The lowest BCUT2D eigenvalue weighted by molar-refractivity contribution is 0.129. The van der Waals surface area contributed by atoms with Crippen LogP contribution in [0.5, 0.6) is 11.5 Å². The average Bonchev–Trinajstić information content (AvgIpc) is 3.44. The molecule has 1 aliphatic heterocycles. The highest BCUT2D eigenvalue weighted by molar-refractivity contribution is 5.89. The SMILES string of the molecule is COc1ccc([C@@]23CC[C@H](NC(=O)Nc4ccc(F)c(F)c4)C[C@H]2N(Cc2cc(C)nn2C)CC3)cc1OC. The summed E-state index contributed by atoms with van der Waals surface area (Å²) in [6.07, 6.45) is 3.40. The molecule has 3 atom stereocenters. The molecule has 2 heterocycles. The summed E-state index contributed by atoms with van der Waals surface area (Å²) < 4.78 is 40.0. The number of aryl methyl sites for hydroxylation is 2. The van der Waals surface area contributed by atoms with Gasteiger partial charge in [-0.3, -0.25) is 9.58 Å². The van der Waals surface area contributed by atoms with E-state index in [0.29, 0.717) is 11.5 Å². The maximum atomic E-state index is 13.6. The van der Waals surface area contributed by atoms with Gasteiger partial charge in [-0.25, -0.2) is 13.6 Å². The lowest BCUT2D eigenvalue weighted by Gasteiger charge is -2.45. The summed E-state index contributed by atoms with van der Waals surface area (Å²) in [4.78, 5) is 15.3. The summed E-state index contributed by atoms with van der Waals surface area (Å²) >= 11 is 0. The minimum atomic E-state index is -1.00. The van der Waals surface area contributed by atoms with E-state index in [4.69, 9.17) is 9.47 Å². The predicted molar refractivity (Wildman–Crippen MR) is 144 cm³/mol. The molecule has 2 fully saturated rings. The monoisotopic (exact) mass is 539 g/mol. The van der Waals surface area contributed by atoms with Crippen LogP contribution < -0.4 is 20.1 Å². The fraction of sp³-hybridized carbons (Fsp3) is 0.448. The molecule has 10 heteroatoms. The number of halogens is 2. The summed E-state index contributed by atoms with van der Waals surface area (Å²) in [5, 5.41) is 10.2. The van der Waals surface area contributed by atoms with Gasteiger partial charge in [0.15, 0.2) is 23.1 Å². The Bertz CT molecular complexity index is 1360. The van der Waals surface area contributed by atoms with Crippen LogP contribution in [-0.2, 0) is 19.0 Å². The number of anilines is 1. The van der Waals surface area contributed by atoms with Crippen molar-refractivity contribution in [3.63, 3.8) is 0 Å². The molecule has 8 nitrogen and oxygen atoms in total. The first-order chi connectivity index (χ1) is 18.7. The van der Waals surface area contributed by atoms with Crippen molar-refractivity contribution >= 4 is 11.7 Å². The van der Waals surface area contributed by atoms with Gasteiger partial charge in [-0.2, -0.15) is 5.10 Å². The Morgan fingerprint density at radius 3 is 2.56 bits per heavy atom. The molecule has 0 radical (unpaired) electrons. The first-order valence-electron chi connectivity index (χ1n) is 13.2. The zero-order chi connectivity index (χ0) is 27.7. The van der Waals surface area contributed by atoms with Crippen LogP contribution in [0, 0.1) is 18.6 Å². The Morgan fingerprint density at radius 2 is 1.87 bits per heavy atom. The van der Waals surface area contributed by atoms with Gasteiger partial charge in [0.2, 0.25) is 0 Å². The van der Waals surface area contributed by atoms with E-state index in [-0.39, 0.29) is 23.2 Å². The number of benzene rings is 2. The molecule has 2 aromatic carbocycles. The Balaban J connectivity index is 1.39. The van der Waals surface area contributed by atoms with Crippen molar-refractivity contribution in [2.45, 2.75) is 56.7 Å². The average molecular weight is 540 g/mol. The number of methoxy groups -OCH3 is 2. The molecule has 1 aliphatic carbocycles. The number of fused-ring (bicyclic) bond motifs is 1. The van der Waals surface area contributed by atoms with Crippen LogP contribution in [0.4, 0.5) is 19.3 Å². The number of rotatable bonds is 7. The largest absolute Gasteiger partial charge is 0.493 e. The van der Waals surface area contributed by atoms with Gasteiger partial charge in [0.25, 0.3) is 0 Å². The van der Waals surface area contributed by atoms with Gasteiger partial charge in [-0.1, -0.05) is 6.07 Å². The van der Waals surface area contributed by atoms with Crippen LogP contribution in [0.1, 0.15) is 42.6 Å². The Kier molecular flexibility index (Phi) is 7.48. The molecule has 2 amide bonds. The molecule has 1 saturated heterocycles. The summed E-state index contributed by atoms with van der Waals surface area (Å²) in [6, 6.07) is 11.3. The second kappa shape index (κ2) is 10.8. The Morgan fingerprint density at radius 1 is 1.08 bits per heavy atom. The van der Waals surface area contributed by atoms with Crippen molar-refractivity contribution in [3.8, 4) is 11.5 Å². The number of ether oxygens (including phenoxy) is 2. The third kappa shape index (κ3) is 5.30. The molecule has 2 aliphatic rings. The Hall–Kier alpha value is -3.66. The first kappa shape index (κ1) is 26.9. The normalized spacial score (nSPS) is 22.8. The number of hydrogen-bond acceptors (Lipinski definition) is 5. The van der Waals surface area contributed by atoms with Crippen LogP contribution in [0.25, 0.3) is 0 Å². The molecule has 39 heavy (non-hydrogen) atoms. The molecule has 0 unspecified atom stereocenters. The van der Waals surface area contributed by atoms with Crippen molar-refractivity contribution < 1.29 is 23.0 Å². The number of hydrogen-bond donors (Lipinski definition) is 2. The van der Waals surface area contributed by atoms with E-state index in [2.05, 4.69) is 38.8 Å². The van der Waals surface area contributed by atoms with Crippen LogP contribution in [0.15, 0.2) is 42.5 Å². The molecule has 208 valence electrons. The van der Waals surface area contributed by atoms with E-state index in [0.717, 1.165) is 62.3 Å². The van der Waals surface area contributed by atoms with E-state index in [1.807, 2.05) is 24.7 Å². The number of urea groups is 1. The zero-order valence-electron chi connectivity index (χ0n) is 22.8. The molecule has 2 N–H and O–H groups in total. The number of amides is 2. The Labute approximate surface area is 227 Å². The predicted octanol–water partition coefficient (Wildman–Crippen LogP) is 4.91. The van der Waals surface area contributed by atoms with Crippen LogP contribution >= 0.6 is 0 Å². The number of aromatic nitrogens is 2. The van der Waals surface area contributed by atoms with Crippen molar-refractivity contribution in [2.75, 3.05) is 26.1 Å². The first-order valence-corrected chi connectivity index (χ1v) is 13.2. The minimum Gasteiger partial charge on any atom is -0.493 e. The van der Waals surface area contributed by atoms with Gasteiger partial charge in [-0.15, -0.1) is 0 Å². The highest BCUT2D eigenvalue weighted by Crippen LogP contribution is 2.50. The summed E-state index contributed by atoms with van der Waals surface area (Å²) in [5.41, 5.74) is 3.42. The molecular formula is C29H35F2N5O3. The van der Waals surface area contributed by atoms with Gasteiger partial charge in [0, 0.05) is 42.8 Å². The number of carbonyl (C=O) groups excluding carboxylic acids is 1. The molecule has 0 spiro atoms. The number of nitrogens with one attached hydrogen (secondary N) is 2. The maximum Gasteiger partial charge on any atom is 0.319 e. The van der Waals surface area contributed by atoms with Gasteiger partial charge >= 0.3 is 6.03 Å². The maximum absolute atomic E-state index is 13.6. The molecule has 1 saturated carbocycles. The van der Waals surface area contributed by atoms with Crippen molar-refractivity contribution in [3.05, 3.63) is 71.1 Å². The van der Waals surface area contributed by atoms with E-state index < -0.39 is 17.7 Å². The van der Waals surface area contributed by atoms with Crippen molar-refractivity contribution in [2.24, 2.45) is 7.05 Å². The van der Waals surface area contributed by atoms with Crippen molar-refractivity contribution in [1.82, 2.24) is 20.0 Å². The van der Waals surface area contributed by atoms with E-state index in [1.165, 1.54) is 11.6 Å². The van der Waals surface area contributed by atoms with E-state index in [9.17, 15) is 13.6 Å². The second-order valence-electron chi connectivity index (χ2n) is 10.6. The lowest BCUT2D eigenvalue weighted by Crippen LogP contribution is -2.52. The molecule has 5 rings (SSSR count).